The Bertz CT molecular complexity index is 323. The summed E-state index contributed by atoms with van der Waals surface area (Å²) in [5.41, 5.74) is 2.21. The lowest BCUT2D eigenvalue weighted by Gasteiger charge is -2.17. The molecule has 1 aromatic heterocycles. The van der Waals surface area contributed by atoms with Gasteiger partial charge in [-0.1, -0.05) is 19.1 Å². The van der Waals surface area contributed by atoms with Gasteiger partial charge in [-0.15, -0.1) is 6.58 Å². The number of nitrogens with one attached hydrogen (secondary N) is 1. The van der Waals surface area contributed by atoms with Gasteiger partial charge >= 0.3 is 0 Å². The second-order valence-electron chi connectivity index (χ2n) is 3.77. The van der Waals surface area contributed by atoms with E-state index in [9.17, 15) is 0 Å². The van der Waals surface area contributed by atoms with Crippen LogP contribution in [0.3, 0.4) is 0 Å². The molecule has 1 rings (SSSR count). The number of likely N-dealkylation sites (N-methyl/N-ethyl adjacent to an activating group) is 1. The van der Waals surface area contributed by atoms with E-state index in [1.54, 1.807) is 0 Å². The highest BCUT2D eigenvalue weighted by molar-refractivity contribution is 5.11. The predicted molar refractivity (Wildman–Crippen MR) is 68.1 cm³/mol. The second-order valence-corrected chi connectivity index (χ2v) is 3.77. The standard InChI is InChI=1S/C13H21N3/c1-4-9-16(5-2)11-13-8-6-7-12(15-13)10-14-3/h4,6-8,14H,1,5,9-11H2,2-3H3. The van der Waals surface area contributed by atoms with Crippen LogP contribution in [0.25, 0.3) is 0 Å². The lowest BCUT2D eigenvalue weighted by Crippen LogP contribution is -2.23. The second kappa shape index (κ2) is 7.14. The number of aromatic nitrogens is 1. The minimum Gasteiger partial charge on any atom is -0.314 e. The molecule has 88 valence electrons. The van der Waals surface area contributed by atoms with Gasteiger partial charge in [0.1, 0.15) is 0 Å². The quantitative estimate of drug-likeness (QED) is 0.709. The number of hydrogen-bond acceptors (Lipinski definition) is 3. The van der Waals surface area contributed by atoms with Crippen LogP contribution in [0.2, 0.25) is 0 Å². The molecule has 0 bridgehead atoms. The summed E-state index contributed by atoms with van der Waals surface area (Å²) < 4.78 is 0. The molecule has 0 unspecified atom stereocenters. The lowest BCUT2D eigenvalue weighted by atomic mass is 10.2. The molecule has 0 radical (unpaired) electrons. The Morgan fingerprint density at radius 1 is 1.44 bits per heavy atom. The van der Waals surface area contributed by atoms with E-state index in [1.165, 1.54) is 0 Å². The Kier molecular flexibility index (Phi) is 5.75. The van der Waals surface area contributed by atoms with Crippen LogP contribution < -0.4 is 5.32 Å². The monoisotopic (exact) mass is 219 g/mol. The molecule has 0 aliphatic heterocycles. The van der Waals surface area contributed by atoms with Gasteiger partial charge in [0.2, 0.25) is 0 Å². The van der Waals surface area contributed by atoms with Crippen LogP contribution in [0.4, 0.5) is 0 Å². The van der Waals surface area contributed by atoms with Crippen LogP contribution in [-0.2, 0) is 13.1 Å². The lowest BCUT2D eigenvalue weighted by molar-refractivity contribution is 0.307. The minimum absolute atomic E-state index is 0.821. The zero-order valence-corrected chi connectivity index (χ0v) is 10.2. The maximum atomic E-state index is 4.59. The molecule has 3 nitrogen and oxygen atoms in total. The van der Waals surface area contributed by atoms with E-state index in [-0.39, 0.29) is 0 Å². The van der Waals surface area contributed by atoms with Gasteiger partial charge in [0.15, 0.2) is 0 Å². The Balaban J connectivity index is 2.64. The summed E-state index contributed by atoms with van der Waals surface area (Å²) in [5, 5.41) is 3.11. The first-order chi connectivity index (χ1) is 7.80. The first kappa shape index (κ1) is 12.9. The van der Waals surface area contributed by atoms with Crippen molar-refractivity contribution in [3.8, 4) is 0 Å². The average molecular weight is 219 g/mol. The maximum absolute atomic E-state index is 4.59. The molecule has 3 heteroatoms. The Morgan fingerprint density at radius 3 is 2.81 bits per heavy atom. The largest absolute Gasteiger partial charge is 0.314 e. The van der Waals surface area contributed by atoms with Gasteiger partial charge in [-0.2, -0.15) is 0 Å². The van der Waals surface area contributed by atoms with Crippen molar-refractivity contribution in [2.45, 2.75) is 20.0 Å². The molecule has 0 atom stereocenters. The summed E-state index contributed by atoms with van der Waals surface area (Å²) in [4.78, 5) is 6.90. The number of pyridine rings is 1. The van der Waals surface area contributed by atoms with Crippen LogP contribution in [0.15, 0.2) is 30.9 Å². The fourth-order valence-corrected chi connectivity index (χ4v) is 1.61. The van der Waals surface area contributed by atoms with Crippen molar-refractivity contribution < 1.29 is 0 Å². The van der Waals surface area contributed by atoms with Crippen LogP contribution in [-0.4, -0.2) is 30.0 Å². The summed E-state index contributed by atoms with van der Waals surface area (Å²) in [5.74, 6) is 0. The van der Waals surface area contributed by atoms with Gasteiger partial charge in [-0.25, -0.2) is 0 Å². The fraction of sp³-hybridized carbons (Fsp3) is 0.462. The number of hydrogen-bond donors (Lipinski definition) is 1. The zero-order chi connectivity index (χ0) is 11.8. The molecule has 16 heavy (non-hydrogen) atoms. The molecule has 0 aromatic carbocycles. The first-order valence-corrected chi connectivity index (χ1v) is 5.72. The van der Waals surface area contributed by atoms with Crippen molar-refractivity contribution >= 4 is 0 Å². The van der Waals surface area contributed by atoms with Crippen LogP contribution in [0.1, 0.15) is 18.3 Å². The topological polar surface area (TPSA) is 28.2 Å². The van der Waals surface area contributed by atoms with Gasteiger partial charge in [0.25, 0.3) is 0 Å². The normalized spacial score (nSPS) is 10.7. The molecule has 0 aliphatic rings. The molecular weight excluding hydrogens is 198 g/mol. The summed E-state index contributed by atoms with van der Waals surface area (Å²) in [7, 11) is 1.93. The molecule has 0 amide bonds. The van der Waals surface area contributed by atoms with Crippen molar-refractivity contribution in [3.63, 3.8) is 0 Å². The van der Waals surface area contributed by atoms with Crippen molar-refractivity contribution in [2.75, 3.05) is 20.1 Å². The van der Waals surface area contributed by atoms with Crippen LogP contribution in [0, 0.1) is 0 Å². The third kappa shape index (κ3) is 4.13. The van der Waals surface area contributed by atoms with Crippen molar-refractivity contribution in [1.29, 1.82) is 0 Å². The van der Waals surface area contributed by atoms with Gasteiger partial charge in [-0.05, 0) is 25.7 Å². The summed E-state index contributed by atoms with van der Waals surface area (Å²) in [6.07, 6.45) is 1.93. The molecule has 0 saturated heterocycles. The van der Waals surface area contributed by atoms with E-state index in [1.807, 2.05) is 19.2 Å². The van der Waals surface area contributed by atoms with E-state index < -0.39 is 0 Å². The summed E-state index contributed by atoms with van der Waals surface area (Å²) in [6.45, 7) is 9.56. The van der Waals surface area contributed by atoms with E-state index in [4.69, 9.17) is 0 Å². The van der Waals surface area contributed by atoms with E-state index in [2.05, 4.69) is 40.8 Å². The van der Waals surface area contributed by atoms with E-state index >= 15 is 0 Å². The van der Waals surface area contributed by atoms with Gasteiger partial charge in [0.05, 0.1) is 11.4 Å². The molecule has 1 N–H and O–H groups in total. The third-order valence-corrected chi connectivity index (χ3v) is 2.44. The molecule has 0 spiro atoms. The predicted octanol–water partition coefficient (Wildman–Crippen LogP) is 1.81. The van der Waals surface area contributed by atoms with Crippen molar-refractivity contribution in [1.82, 2.24) is 15.2 Å². The van der Waals surface area contributed by atoms with Crippen molar-refractivity contribution in [2.24, 2.45) is 0 Å². The fourth-order valence-electron chi connectivity index (χ4n) is 1.61. The number of rotatable bonds is 7. The van der Waals surface area contributed by atoms with E-state index in [0.29, 0.717) is 0 Å². The Morgan fingerprint density at radius 2 is 2.19 bits per heavy atom. The first-order valence-electron chi connectivity index (χ1n) is 5.72. The molecule has 0 aliphatic carbocycles. The minimum atomic E-state index is 0.821. The Hall–Kier alpha value is -1.19. The molecule has 1 heterocycles. The molecule has 0 saturated carbocycles. The SMILES string of the molecule is C=CCN(CC)Cc1cccc(CNC)n1. The highest BCUT2D eigenvalue weighted by atomic mass is 15.1. The summed E-state index contributed by atoms with van der Waals surface area (Å²) >= 11 is 0. The average Bonchev–Trinajstić information content (AvgIpc) is 2.29. The van der Waals surface area contributed by atoms with Crippen LogP contribution in [0.5, 0.6) is 0 Å². The molecule has 1 aromatic rings. The third-order valence-electron chi connectivity index (χ3n) is 2.44. The highest BCUT2D eigenvalue weighted by Gasteiger charge is 2.03. The molecule has 0 fully saturated rings. The molecular formula is C13H21N3. The zero-order valence-electron chi connectivity index (χ0n) is 10.2. The van der Waals surface area contributed by atoms with Crippen molar-refractivity contribution in [3.05, 3.63) is 42.2 Å². The van der Waals surface area contributed by atoms with Gasteiger partial charge in [-0.3, -0.25) is 9.88 Å². The van der Waals surface area contributed by atoms with Crippen LogP contribution >= 0.6 is 0 Å². The smallest absolute Gasteiger partial charge is 0.0547 e. The van der Waals surface area contributed by atoms with Gasteiger partial charge in [0, 0.05) is 19.6 Å². The highest BCUT2D eigenvalue weighted by Crippen LogP contribution is 2.03. The van der Waals surface area contributed by atoms with Gasteiger partial charge < -0.3 is 5.32 Å². The maximum Gasteiger partial charge on any atom is 0.0547 e. The summed E-state index contributed by atoms with van der Waals surface area (Å²) in [6, 6.07) is 6.19. The number of nitrogens with zero attached hydrogens (tertiary/aromatic N) is 2. The van der Waals surface area contributed by atoms with E-state index in [0.717, 1.165) is 37.6 Å². The Labute approximate surface area is 98.2 Å².